The predicted octanol–water partition coefficient (Wildman–Crippen LogP) is 2.47. The topological polar surface area (TPSA) is 25.4 Å². The van der Waals surface area contributed by atoms with Crippen LogP contribution in [0.25, 0.3) is 0 Å². The molecule has 1 heterocycles. The van der Waals surface area contributed by atoms with E-state index in [1.54, 1.807) is 13.2 Å². The summed E-state index contributed by atoms with van der Waals surface area (Å²) in [6.07, 6.45) is 0.988. The number of anilines is 1. The third kappa shape index (κ3) is 3.45. The third-order valence-corrected chi connectivity index (χ3v) is 2.65. The lowest BCUT2D eigenvalue weighted by atomic mass is 10.2. The van der Waals surface area contributed by atoms with Gasteiger partial charge in [0.25, 0.3) is 0 Å². The number of hydrogen-bond acceptors (Lipinski definition) is 3. The van der Waals surface area contributed by atoms with E-state index in [0.717, 1.165) is 13.0 Å². The molecular formula is C12H19FN2O. The first-order chi connectivity index (χ1) is 7.69. The second-order valence-corrected chi connectivity index (χ2v) is 3.76. The highest BCUT2D eigenvalue weighted by atomic mass is 19.1. The number of hydrogen-bond donors (Lipinski definition) is 0. The molecule has 0 aliphatic heterocycles. The molecule has 1 aromatic heterocycles. The average Bonchev–Trinajstić information content (AvgIpc) is 2.29. The van der Waals surface area contributed by atoms with Gasteiger partial charge in [0.15, 0.2) is 0 Å². The molecule has 1 atom stereocenters. The number of pyridine rings is 1. The zero-order valence-electron chi connectivity index (χ0n) is 10.1. The van der Waals surface area contributed by atoms with Crippen molar-refractivity contribution in [3.05, 3.63) is 24.1 Å². The second kappa shape index (κ2) is 6.43. The largest absolute Gasteiger partial charge is 0.383 e. The monoisotopic (exact) mass is 226 g/mol. The smallest absolute Gasteiger partial charge is 0.214 e. The molecule has 1 aromatic rings. The summed E-state index contributed by atoms with van der Waals surface area (Å²) >= 11 is 0. The van der Waals surface area contributed by atoms with Gasteiger partial charge < -0.3 is 9.64 Å². The Labute approximate surface area is 96.2 Å². The lowest BCUT2D eigenvalue weighted by Crippen LogP contribution is -2.36. The van der Waals surface area contributed by atoms with Crippen molar-refractivity contribution in [2.24, 2.45) is 0 Å². The zero-order chi connectivity index (χ0) is 12.0. The fraction of sp³-hybridized carbons (Fsp3) is 0.583. The van der Waals surface area contributed by atoms with Gasteiger partial charge in [-0.1, -0.05) is 13.0 Å². The molecule has 0 N–H and O–H groups in total. The minimum atomic E-state index is -0.441. The molecule has 90 valence electrons. The van der Waals surface area contributed by atoms with Crippen molar-refractivity contribution in [3.63, 3.8) is 0 Å². The third-order valence-electron chi connectivity index (χ3n) is 2.65. The number of halogens is 1. The summed E-state index contributed by atoms with van der Waals surface area (Å²) in [6, 6.07) is 5.18. The van der Waals surface area contributed by atoms with Crippen molar-refractivity contribution in [2.45, 2.75) is 26.3 Å². The standard InChI is InChI=1S/C12H19FN2O/c1-4-10(2)15(8-9-16-3)12-7-5-6-11(13)14-12/h5-7,10H,4,8-9H2,1-3H3. The molecule has 0 amide bonds. The second-order valence-electron chi connectivity index (χ2n) is 3.76. The molecule has 0 fully saturated rings. The van der Waals surface area contributed by atoms with Gasteiger partial charge in [0.05, 0.1) is 6.61 Å². The number of ether oxygens (including phenoxy) is 1. The van der Waals surface area contributed by atoms with Crippen LogP contribution in [0.5, 0.6) is 0 Å². The summed E-state index contributed by atoms with van der Waals surface area (Å²) in [6.45, 7) is 5.54. The summed E-state index contributed by atoms with van der Waals surface area (Å²) in [5.41, 5.74) is 0. The van der Waals surface area contributed by atoms with Crippen LogP contribution in [0.1, 0.15) is 20.3 Å². The lowest BCUT2D eigenvalue weighted by molar-refractivity contribution is 0.203. The van der Waals surface area contributed by atoms with Crippen molar-refractivity contribution in [2.75, 3.05) is 25.2 Å². The van der Waals surface area contributed by atoms with E-state index in [2.05, 4.69) is 23.7 Å². The molecule has 0 aliphatic carbocycles. The van der Waals surface area contributed by atoms with Gasteiger partial charge >= 0.3 is 0 Å². The highest BCUT2D eigenvalue weighted by Gasteiger charge is 2.14. The van der Waals surface area contributed by atoms with Crippen LogP contribution in [0.2, 0.25) is 0 Å². The van der Waals surface area contributed by atoms with Crippen LogP contribution in [0, 0.1) is 5.95 Å². The van der Waals surface area contributed by atoms with Gasteiger partial charge in [-0.15, -0.1) is 0 Å². The van der Waals surface area contributed by atoms with Gasteiger partial charge in [-0.3, -0.25) is 0 Å². The Bertz CT molecular complexity index is 320. The minimum absolute atomic E-state index is 0.324. The molecular weight excluding hydrogens is 207 g/mol. The van der Waals surface area contributed by atoms with E-state index in [1.807, 2.05) is 6.07 Å². The summed E-state index contributed by atoms with van der Waals surface area (Å²) in [7, 11) is 1.66. The molecule has 0 saturated heterocycles. The Hall–Kier alpha value is -1.16. The highest BCUT2D eigenvalue weighted by molar-refractivity contribution is 5.39. The van der Waals surface area contributed by atoms with Gasteiger partial charge in [-0.25, -0.2) is 4.98 Å². The van der Waals surface area contributed by atoms with Gasteiger partial charge in [-0.05, 0) is 25.5 Å². The van der Waals surface area contributed by atoms with Crippen molar-refractivity contribution in [1.82, 2.24) is 4.98 Å². The summed E-state index contributed by atoms with van der Waals surface area (Å²) in [5.74, 6) is 0.231. The maximum atomic E-state index is 13.0. The van der Waals surface area contributed by atoms with Gasteiger partial charge in [0.1, 0.15) is 5.82 Å². The first-order valence-electron chi connectivity index (χ1n) is 5.57. The van der Waals surface area contributed by atoms with Crippen molar-refractivity contribution in [1.29, 1.82) is 0 Å². The first-order valence-corrected chi connectivity index (χ1v) is 5.57. The molecule has 0 aliphatic rings. The van der Waals surface area contributed by atoms with Crippen molar-refractivity contribution < 1.29 is 9.13 Å². The van der Waals surface area contributed by atoms with Crippen LogP contribution in [0.3, 0.4) is 0 Å². The summed E-state index contributed by atoms with van der Waals surface area (Å²) in [4.78, 5) is 5.96. The van der Waals surface area contributed by atoms with Crippen molar-refractivity contribution >= 4 is 5.82 Å². The van der Waals surface area contributed by atoms with E-state index in [-0.39, 0.29) is 0 Å². The molecule has 0 spiro atoms. The van der Waals surface area contributed by atoms with E-state index >= 15 is 0 Å². The molecule has 0 aromatic carbocycles. The number of nitrogens with zero attached hydrogens (tertiary/aromatic N) is 2. The van der Waals surface area contributed by atoms with E-state index in [4.69, 9.17) is 4.74 Å². The van der Waals surface area contributed by atoms with Crippen LogP contribution in [-0.4, -0.2) is 31.3 Å². The van der Waals surface area contributed by atoms with Crippen LogP contribution in [0.15, 0.2) is 18.2 Å². The Morgan fingerprint density at radius 1 is 1.50 bits per heavy atom. The lowest BCUT2D eigenvalue weighted by Gasteiger charge is -2.29. The van der Waals surface area contributed by atoms with E-state index < -0.39 is 5.95 Å². The number of aromatic nitrogens is 1. The molecule has 1 rings (SSSR count). The van der Waals surface area contributed by atoms with Gasteiger partial charge in [0.2, 0.25) is 5.95 Å². The highest BCUT2D eigenvalue weighted by Crippen LogP contribution is 2.15. The van der Waals surface area contributed by atoms with Crippen LogP contribution < -0.4 is 4.90 Å². The normalized spacial score (nSPS) is 12.5. The van der Waals surface area contributed by atoms with Crippen LogP contribution in [-0.2, 0) is 4.74 Å². The Kier molecular flexibility index (Phi) is 5.19. The maximum absolute atomic E-state index is 13.0. The Morgan fingerprint density at radius 2 is 2.25 bits per heavy atom. The fourth-order valence-corrected chi connectivity index (χ4v) is 1.53. The van der Waals surface area contributed by atoms with Crippen LogP contribution in [0.4, 0.5) is 10.2 Å². The summed E-state index contributed by atoms with van der Waals surface area (Å²) in [5, 5.41) is 0. The quantitative estimate of drug-likeness (QED) is 0.697. The van der Waals surface area contributed by atoms with Gasteiger partial charge in [0, 0.05) is 19.7 Å². The van der Waals surface area contributed by atoms with E-state index in [9.17, 15) is 4.39 Å². The van der Waals surface area contributed by atoms with Crippen molar-refractivity contribution in [3.8, 4) is 0 Å². The molecule has 0 saturated carbocycles. The van der Waals surface area contributed by atoms with Gasteiger partial charge in [-0.2, -0.15) is 4.39 Å². The molecule has 0 radical (unpaired) electrons. The zero-order valence-corrected chi connectivity index (χ0v) is 10.1. The predicted molar refractivity (Wildman–Crippen MR) is 63.2 cm³/mol. The minimum Gasteiger partial charge on any atom is -0.383 e. The Morgan fingerprint density at radius 3 is 2.81 bits per heavy atom. The number of methoxy groups -OCH3 is 1. The SMILES string of the molecule is CCC(C)N(CCOC)c1cccc(F)n1. The van der Waals surface area contributed by atoms with E-state index in [0.29, 0.717) is 18.5 Å². The first kappa shape index (κ1) is 12.9. The molecule has 4 heteroatoms. The molecule has 16 heavy (non-hydrogen) atoms. The van der Waals surface area contributed by atoms with Crippen LogP contribution >= 0.6 is 0 Å². The number of rotatable bonds is 6. The molecule has 1 unspecified atom stereocenters. The maximum Gasteiger partial charge on any atom is 0.214 e. The molecule has 3 nitrogen and oxygen atoms in total. The molecule has 0 bridgehead atoms. The average molecular weight is 226 g/mol. The fourth-order valence-electron chi connectivity index (χ4n) is 1.53. The summed E-state index contributed by atoms with van der Waals surface area (Å²) < 4.78 is 18.1. The Balaban J connectivity index is 2.82. The van der Waals surface area contributed by atoms with E-state index in [1.165, 1.54) is 6.07 Å².